The molecule has 168 valence electrons. The second-order valence-electron chi connectivity index (χ2n) is 10.9. The molecular formula is C25H37N5O. The van der Waals surface area contributed by atoms with Crippen LogP contribution in [0.2, 0.25) is 0 Å². The van der Waals surface area contributed by atoms with Crippen LogP contribution >= 0.6 is 0 Å². The van der Waals surface area contributed by atoms with Gasteiger partial charge in [-0.05, 0) is 94.6 Å². The van der Waals surface area contributed by atoms with Gasteiger partial charge in [-0.3, -0.25) is 9.13 Å². The van der Waals surface area contributed by atoms with Crippen LogP contribution in [0.15, 0.2) is 23.0 Å². The Kier molecular flexibility index (Phi) is 4.91. The SMILES string of the molecule is Cn1c(=O)n(C2CCCNC2)c2ccc(N3CC4(CC(CC5CCNCC5)C4)C3)cc21. The lowest BCUT2D eigenvalue weighted by atomic mass is 9.56. The highest BCUT2D eigenvalue weighted by molar-refractivity contribution is 5.81. The minimum Gasteiger partial charge on any atom is -0.370 e. The molecule has 31 heavy (non-hydrogen) atoms. The summed E-state index contributed by atoms with van der Waals surface area (Å²) in [6.07, 6.45) is 9.30. The van der Waals surface area contributed by atoms with Gasteiger partial charge in [0.2, 0.25) is 0 Å². The van der Waals surface area contributed by atoms with Gasteiger partial charge in [-0.2, -0.15) is 0 Å². The van der Waals surface area contributed by atoms with Gasteiger partial charge in [-0.15, -0.1) is 0 Å². The van der Waals surface area contributed by atoms with Crippen LogP contribution < -0.4 is 21.2 Å². The molecule has 3 saturated heterocycles. The second kappa shape index (κ2) is 7.66. The number of anilines is 1. The Balaban J connectivity index is 1.13. The van der Waals surface area contributed by atoms with E-state index in [1.807, 2.05) is 16.2 Å². The summed E-state index contributed by atoms with van der Waals surface area (Å²) < 4.78 is 3.88. The summed E-state index contributed by atoms with van der Waals surface area (Å²) in [5.74, 6) is 1.93. The van der Waals surface area contributed by atoms with Gasteiger partial charge in [0.1, 0.15) is 0 Å². The number of aryl methyl sites for hydroxylation is 1. The first kappa shape index (κ1) is 19.9. The van der Waals surface area contributed by atoms with Crippen LogP contribution in [0.25, 0.3) is 11.0 Å². The van der Waals surface area contributed by atoms with Crippen molar-refractivity contribution in [3.8, 4) is 0 Å². The molecule has 1 aromatic carbocycles. The molecular weight excluding hydrogens is 386 g/mol. The quantitative estimate of drug-likeness (QED) is 0.794. The highest BCUT2D eigenvalue weighted by atomic mass is 16.1. The number of hydrogen-bond acceptors (Lipinski definition) is 4. The molecule has 4 fully saturated rings. The molecule has 6 heteroatoms. The first-order chi connectivity index (χ1) is 15.1. The first-order valence-electron chi connectivity index (χ1n) is 12.5. The fourth-order valence-electron chi connectivity index (χ4n) is 7.08. The van der Waals surface area contributed by atoms with E-state index in [1.165, 1.54) is 64.0 Å². The third-order valence-corrected chi connectivity index (χ3v) is 8.70. The van der Waals surface area contributed by atoms with Gasteiger partial charge in [0.25, 0.3) is 0 Å². The predicted octanol–water partition coefficient (Wildman–Crippen LogP) is 2.87. The zero-order valence-corrected chi connectivity index (χ0v) is 18.9. The monoisotopic (exact) mass is 423 g/mol. The normalized spacial score (nSPS) is 26.9. The number of piperidine rings is 2. The van der Waals surface area contributed by atoms with Gasteiger partial charge < -0.3 is 15.5 Å². The Bertz CT molecular complexity index is 997. The van der Waals surface area contributed by atoms with Crippen molar-refractivity contribution >= 4 is 16.7 Å². The maximum absolute atomic E-state index is 13.0. The molecule has 1 spiro atoms. The van der Waals surface area contributed by atoms with Crippen LogP contribution in [-0.4, -0.2) is 48.4 Å². The standard InChI is InChI=1S/C25H37N5O/c1-28-23-12-20(4-5-22(23)30(24(28)31)21-3-2-8-27-15-21)29-16-25(17-29)13-19(14-25)11-18-6-9-26-10-7-18/h4-5,12,18-19,21,26-27H,2-3,6-11,13-17H2,1H3. The molecule has 1 aromatic heterocycles. The number of nitrogens with zero attached hydrogens (tertiary/aromatic N) is 3. The zero-order valence-electron chi connectivity index (χ0n) is 18.9. The van der Waals surface area contributed by atoms with Gasteiger partial charge in [0, 0.05) is 37.8 Å². The maximum Gasteiger partial charge on any atom is 0.329 e. The van der Waals surface area contributed by atoms with E-state index >= 15 is 0 Å². The van der Waals surface area contributed by atoms with E-state index in [4.69, 9.17) is 0 Å². The molecule has 4 heterocycles. The number of nitrogens with one attached hydrogen (secondary N) is 2. The second-order valence-corrected chi connectivity index (χ2v) is 10.9. The Morgan fingerprint density at radius 2 is 1.81 bits per heavy atom. The van der Waals surface area contributed by atoms with Crippen molar-refractivity contribution < 1.29 is 0 Å². The molecule has 6 rings (SSSR count). The van der Waals surface area contributed by atoms with Gasteiger partial charge >= 0.3 is 5.69 Å². The number of imidazole rings is 1. The molecule has 2 aromatic rings. The summed E-state index contributed by atoms with van der Waals surface area (Å²) in [6.45, 7) is 6.80. The predicted molar refractivity (Wildman–Crippen MR) is 126 cm³/mol. The minimum absolute atomic E-state index is 0.126. The van der Waals surface area contributed by atoms with Gasteiger partial charge in [0.05, 0.1) is 17.1 Å². The maximum atomic E-state index is 13.0. The lowest BCUT2D eigenvalue weighted by molar-refractivity contribution is 0.00844. The third-order valence-electron chi connectivity index (χ3n) is 8.70. The Hall–Kier alpha value is -1.79. The third kappa shape index (κ3) is 3.43. The largest absolute Gasteiger partial charge is 0.370 e. The molecule has 1 atom stereocenters. The molecule has 3 aliphatic heterocycles. The van der Waals surface area contributed by atoms with E-state index < -0.39 is 0 Å². The van der Waals surface area contributed by atoms with Crippen LogP contribution in [0.3, 0.4) is 0 Å². The zero-order chi connectivity index (χ0) is 21.0. The summed E-state index contributed by atoms with van der Waals surface area (Å²) in [4.78, 5) is 15.5. The van der Waals surface area contributed by atoms with Crippen molar-refractivity contribution in [3.63, 3.8) is 0 Å². The van der Waals surface area contributed by atoms with Crippen molar-refractivity contribution in [1.29, 1.82) is 0 Å². The van der Waals surface area contributed by atoms with Gasteiger partial charge in [-0.25, -0.2) is 4.79 Å². The van der Waals surface area contributed by atoms with Crippen molar-refractivity contribution in [2.75, 3.05) is 44.2 Å². The summed E-state index contributed by atoms with van der Waals surface area (Å²) in [5.41, 5.74) is 4.16. The van der Waals surface area contributed by atoms with E-state index in [1.54, 1.807) is 0 Å². The van der Waals surface area contributed by atoms with Crippen LogP contribution in [0, 0.1) is 17.3 Å². The molecule has 1 saturated carbocycles. The number of fused-ring (bicyclic) bond motifs is 1. The summed E-state index contributed by atoms with van der Waals surface area (Å²) in [6, 6.07) is 6.95. The fourth-order valence-corrected chi connectivity index (χ4v) is 7.08. The van der Waals surface area contributed by atoms with E-state index in [9.17, 15) is 4.79 Å². The number of aromatic nitrogens is 2. The smallest absolute Gasteiger partial charge is 0.329 e. The number of benzene rings is 1. The lowest BCUT2D eigenvalue weighted by Crippen LogP contribution is -2.62. The van der Waals surface area contributed by atoms with Crippen LogP contribution in [0.4, 0.5) is 5.69 Å². The minimum atomic E-state index is 0.126. The van der Waals surface area contributed by atoms with Crippen molar-refractivity contribution in [1.82, 2.24) is 19.8 Å². The van der Waals surface area contributed by atoms with Gasteiger partial charge in [-0.1, -0.05) is 0 Å². The summed E-state index contributed by atoms with van der Waals surface area (Å²) in [7, 11) is 1.93. The van der Waals surface area contributed by atoms with Crippen molar-refractivity contribution in [2.45, 2.75) is 51.0 Å². The van der Waals surface area contributed by atoms with E-state index in [0.29, 0.717) is 5.41 Å². The number of hydrogen-bond donors (Lipinski definition) is 2. The molecule has 0 radical (unpaired) electrons. The van der Waals surface area contributed by atoms with Crippen molar-refractivity contribution in [2.24, 2.45) is 24.3 Å². The first-order valence-corrected chi connectivity index (χ1v) is 12.5. The van der Waals surface area contributed by atoms with E-state index in [2.05, 4.69) is 33.7 Å². The Labute approximate surface area is 185 Å². The van der Waals surface area contributed by atoms with Crippen LogP contribution in [-0.2, 0) is 7.05 Å². The Morgan fingerprint density at radius 1 is 1.00 bits per heavy atom. The van der Waals surface area contributed by atoms with E-state index in [0.717, 1.165) is 48.8 Å². The fraction of sp³-hybridized carbons (Fsp3) is 0.720. The van der Waals surface area contributed by atoms with Gasteiger partial charge in [0.15, 0.2) is 0 Å². The molecule has 6 nitrogen and oxygen atoms in total. The molecule has 0 bridgehead atoms. The average Bonchev–Trinajstić information content (AvgIpc) is 3.00. The Morgan fingerprint density at radius 3 is 2.55 bits per heavy atom. The topological polar surface area (TPSA) is 54.2 Å². The lowest BCUT2D eigenvalue weighted by Gasteiger charge is -2.60. The van der Waals surface area contributed by atoms with Crippen molar-refractivity contribution in [3.05, 3.63) is 28.7 Å². The molecule has 2 N–H and O–H groups in total. The average molecular weight is 424 g/mol. The summed E-state index contributed by atoms with van der Waals surface area (Å²) in [5, 5.41) is 6.95. The van der Waals surface area contributed by atoms with E-state index in [-0.39, 0.29) is 11.7 Å². The number of rotatable bonds is 4. The molecule has 1 unspecified atom stereocenters. The highest BCUT2D eigenvalue weighted by Gasteiger charge is 2.52. The molecule has 0 amide bonds. The van der Waals surface area contributed by atoms with Crippen LogP contribution in [0.5, 0.6) is 0 Å². The summed E-state index contributed by atoms with van der Waals surface area (Å²) >= 11 is 0. The van der Waals surface area contributed by atoms with Crippen LogP contribution in [0.1, 0.15) is 51.0 Å². The highest BCUT2D eigenvalue weighted by Crippen LogP contribution is 2.55. The molecule has 1 aliphatic carbocycles. The molecule has 4 aliphatic rings.